The van der Waals surface area contributed by atoms with Gasteiger partial charge in [0.2, 0.25) is 5.91 Å². The van der Waals surface area contributed by atoms with Crippen LogP contribution >= 0.6 is 11.8 Å². The summed E-state index contributed by atoms with van der Waals surface area (Å²) in [5.74, 6) is -0.258. The molecule has 2 heterocycles. The van der Waals surface area contributed by atoms with E-state index in [0.29, 0.717) is 6.54 Å². The molecule has 27 heavy (non-hydrogen) atoms. The fourth-order valence-corrected chi connectivity index (χ4v) is 4.91. The van der Waals surface area contributed by atoms with E-state index in [1.165, 1.54) is 26.7 Å². The molecule has 2 aliphatic heterocycles. The van der Waals surface area contributed by atoms with E-state index in [1.807, 2.05) is 11.8 Å². The van der Waals surface area contributed by atoms with Crippen molar-refractivity contribution in [2.24, 2.45) is 5.73 Å². The zero-order chi connectivity index (χ0) is 18.8. The molecule has 142 valence electrons. The highest BCUT2D eigenvalue weighted by Gasteiger charge is 2.25. The molecule has 0 saturated carbocycles. The maximum atomic E-state index is 11.5. The van der Waals surface area contributed by atoms with Crippen LogP contribution < -0.4 is 16.0 Å². The fraction of sp³-hybridized carbons (Fsp3) is 0.381. The van der Waals surface area contributed by atoms with Gasteiger partial charge in [-0.05, 0) is 49.7 Å². The van der Waals surface area contributed by atoms with Crippen LogP contribution in [0.1, 0.15) is 12.0 Å². The first-order valence-electron chi connectivity index (χ1n) is 9.52. The maximum Gasteiger partial charge on any atom is 0.235 e. The van der Waals surface area contributed by atoms with Gasteiger partial charge >= 0.3 is 0 Å². The molecular formula is C21H26N4OS. The van der Waals surface area contributed by atoms with Crippen LogP contribution in [0.4, 0.5) is 11.4 Å². The number of hydrogen-bond acceptors (Lipinski definition) is 5. The first-order valence-corrected chi connectivity index (χ1v) is 10.3. The molecule has 1 unspecified atom stereocenters. The summed E-state index contributed by atoms with van der Waals surface area (Å²) >= 11 is 1.85. The normalized spacial score (nSPS) is 19.4. The third-order valence-corrected chi connectivity index (χ3v) is 6.37. The quantitative estimate of drug-likeness (QED) is 0.833. The molecular weight excluding hydrogens is 356 g/mol. The van der Waals surface area contributed by atoms with E-state index >= 15 is 0 Å². The maximum absolute atomic E-state index is 11.5. The van der Waals surface area contributed by atoms with Gasteiger partial charge < -0.3 is 16.0 Å². The van der Waals surface area contributed by atoms with Crippen molar-refractivity contribution in [3.8, 4) is 0 Å². The van der Waals surface area contributed by atoms with Gasteiger partial charge in [-0.1, -0.05) is 30.0 Å². The molecule has 0 radical (unpaired) electrons. The van der Waals surface area contributed by atoms with Gasteiger partial charge in [-0.15, -0.1) is 0 Å². The average molecular weight is 383 g/mol. The molecule has 1 atom stereocenters. The number of nitrogens with zero attached hydrogens (tertiary/aromatic N) is 2. The number of benzene rings is 2. The zero-order valence-corrected chi connectivity index (χ0v) is 16.5. The molecule has 0 bridgehead atoms. The number of primary amides is 1. The van der Waals surface area contributed by atoms with E-state index in [1.54, 1.807) is 0 Å². The number of aryl methyl sites for hydroxylation is 1. The Hall–Kier alpha value is -2.02. The van der Waals surface area contributed by atoms with Crippen LogP contribution in [0.5, 0.6) is 0 Å². The number of hydrogen-bond donors (Lipinski definition) is 2. The Balaban J connectivity index is 1.47. The number of nitrogens with two attached hydrogens (primary N) is 1. The van der Waals surface area contributed by atoms with Crippen LogP contribution in [-0.2, 0) is 4.79 Å². The summed E-state index contributed by atoms with van der Waals surface area (Å²) in [7, 11) is 0. The Morgan fingerprint density at radius 2 is 2.00 bits per heavy atom. The van der Waals surface area contributed by atoms with Crippen molar-refractivity contribution in [2.75, 3.05) is 37.6 Å². The molecule has 0 aromatic heterocycles. The van der Waals surface area contributed by atoms with Crippen molar-refractivity contribution in [3.63, 3.8) is 0 Å². The smallest absolute Gasteiger partial charge is 0.235 e. The molecule has 0 aliphatic carbocycles. The summed E-state index contributed by atoms with van der Waals surface area (Å²) < 4.78 is 0. The molecule has 1 amide bonds. The summed E-state index contributed by atoms with van der Waals surface area (Å²) in [5, 5.41) is 3.19. The molecule has 1 fully saturated rings. The summed E-state index contributed by atoms with van der Waals surface area (Å²) in [5.41, 5.74) is 9.33. The topological polar surface area (TPSA) is 61.6 Å². The zero-order valence-electron chi connectivity index (χ0n) is 15.6. The van der Waals surface area contributed by atoms with E-state index in [4.69, 9.17) is 5.73 Å². The summed E-state index contributed by atoms with van der Waals surface area (Å²) in [6.45, 7) is 6.56. The number of anilines is 2. The predicted molar refractivity (Wildman–Crippen MR) is 111 cm³/mol. The number of rotatable bonds is 5. The van der Waals surface area contributed by atoms with Crippen molar-refractivity contribution in [3.05, 3.63) is 48.0 Å². The Morgan fingerprint density at radius 1 is 1.19 bits per heavy atom. The monoisotopic (exact) mass is 382 g/mol. The second-order valence-corrected chi connectivity index (χ2v) is 8.34. The number of carbonyl (C=O) groups is 1. The lowest BCUT2D eigenvalue weighted by Gasteiger charge is -2.35. The molecule has 3 N–H and O–H groups in total. The highest BCUT2D eigenvalue weighted by Crippen LogP contribution is 2.48. The number of para-hydroxylation sites is 1. The number of nitrogens with one attached hydrogen (secondary N) is 1. The summed E-state index contributed by atoms with van der Waals surface area (Å²) in [6, 6.07) is 15.1. The van der Waals surface area contributed by atoms with Crippen LogP contribution in [0.2, 0.25) is 0 Å². The fourth-order valence-electron chi connectivity index (χ4n) is 3.84. The Kier molecular flexibility index (Phi) is 5.38. The minimum absolute atomic E-state index is 0.228. The van der Waals surface area contributed by atoms with Crippen molar-refractivity contribution < 1.29 is 4.79 Å². The Bertz CT molecular complexity index is 841. The Labute approximate surface area is 164 Å². The van der Waals surface area contributed by atoms with Gasteiger partial charge in [0, 0.05) is 36.0 Å². The van der Waals surface area contributed by atoms with Crippen LogP contribution in [-0.4, -0.2) is 49.6 Å². The lowest BCUT2D eigenvalue weighted by atomic mass is 10.1. The molecule has 5 nitrogen and oxygen atoms in total. The Morgan fingerprint density at radius 3 is 2.85 bits per heavy atom. The average Bonchev–Trinajstić information content (AvgIpc) is 2.68. The standard InChI is InChI=1S/C21H26N4OS/c1-15-7-8-20-18(13-15)25(17-5-2-3-6-19(17)27-20)11-4-10-24-12-9-23-16(14-24)21(22)26/h2-3,5-8,13,16,23H,4,9-12,14H2,1H3,(H2,22,26). The first kappa shape index (κ1) is 18.3. The lowest BCUT2D eigenvalue weighted by molar-refractivity contribution is -0.121. The number of fused-ring (bicyclic) bond motifs is 2. The van der Waals surface area contributed by atoms with E-state index < -0.39 is 0 Å². The van der Waals surface area contributed by atoms with Gasteiger partial charge in [-0.2, -0.15) is 0 Å². The predicted octanol–water partition coefficient (Wildman–Crippen LogP) is 2.75. The van der Waals surface area contributed by atoms with Gasteiger partial charge in [0.1, 0.15) is 0 Å². The van der Waals surface area contributed by atoms with Gasteiger partial charge in [0.15, 0.2) is 0 Å². The van der Waals surface area contributed by atoms with Crippen molar-refractivity contribution in [2.45, 2.75) is 29.2 Å². The molecule has 0 spiro atoms. The van der Waals surface area contributed by atoms with Crippen molar-refractivity contribution in [1.82, 2.24) is 10.2 Å². The van der Waals surface area contributed by atoms with Crippen LogP contribution in [0, 0.1) is 6.92 Å². The van der Waals surface area contributed by atoms with Gasteiger partial charge in [0.05, 0.1) is 17.4 Å². The first-order chi connectivity index (χ1) is 13.1. The number of carbonyl (C=O) groups excluding carboxylic acids is 1. The second kappa shape index (κ2) is 7.92. The van der Waals surface area contributed by atoms with Crippen LogP contribution in [0.25, 0.3) is 0 Å². The summed E-state index contributed by atoms with van der Waals surface area (Å²) in [4.78, 5) is 18.9. The third-order valence-electron chi connectivity index (χ3n) is 5.24. The van der Waals surface area contributed by atoms with Crippen LogP contribution in [0.3, 0.4) is 0 Å². The minimum Gasteiger partial charge on any atom is -0.368 e. The number of piperazine rings is 1. The second-order valence-electron chi connectivity index (χ2n) is 7.26. The van der Waals surface area contributed by atoms with Gasteiger partial charge in [0.25, 0.3) is 0 Å². The molecule has 2 aromatic rings. The van der Waals surface area contributed by atoms with Crippen molar-refractivity contribution >= 4 is 29.0 Å². The molecule has 1 saturated heterocycles. The highest BCUT2D eigenvalue weighted by molar-refractivity contribution is 7.99. The molecule has 6 heteroatoms. The van der Waals surface area contributed by atoms with E-state index in [9.17, 15) is 4.79 Å². The van der Waals surface area contributed by atoms with Gasteiger partial charge in [-0.3, -0.25) is 9.69 Å². The van der Waals surface area contributed by atoms with Gasteiger partial charge in [-0.25, -0.2) is 0 Å². The SMILES string of the molecule is Cc1ccc2c(c1)N(CCCN1CCNC(C(N)=O)C1)c1ccccc1S2. The van der Waals surface area contributed by atoms with E-state index in [-0.39, 0.29) is 11.9 Å². The van der Waals surface area contributed by atoms with E-state index in [0.717, 1.165) is 32.6 Å². The lowest BCUT2D eigenvalue weighted by Crippen LogP contribution is -2.56. The highest BCUT2D eigenvalue weighted by atomic mass is 32.2. The molecule has 2 aliphatic rings. The van der Waals surface area contributed by atoms with Crippen LogP contribution in [0.15, 0.2) is 52.3 Å². The minimum atomic E-state index is -0.258. The number of amides is 1. The van der Waals surface area contributed by atoms with E-state index in [2.05, 4.69) is 64.5 Å². The summed E-state index contributed by atoms with van der Waals surface area (Å²) in [6.07, 6.45) is 1.04. The van der Waals surface area contributed by atoms with Crippen molar-refractivity contribution in [1.29, 1.82) is 0 Å². The largest absolute Gasteiger partial charge is 0.368 e. The molecule has 4 rings (SSSR count). The third kappa shape index (κ3) is 3.98. The molecule has 2 aromatic carbocycles.